The van der Waals surface area contributed by atoms with Crippen molar-refractivity contribution in [3.8, 4) is 11.1 Å². The summed E-state index contributed by atoms with van der Waals surface area (Å²) in [4.78, 5) is 27.5. The molecule has 0 atom stereocenters. The number of nitrogens with zero attached hydrogens (tertiary/aromatic N) is 1. The molecule has 2 aromatic carbocycles. The molecular formula is C20H13F3N2O3. The molecule has 0 aliphatic heterocycles. The normalized spacial score (nSPS) is 11.1. The molecule has 5 nitrogen and oxygen atoms in total. The van der Waals surface area contributed by atoms with Crippen LogP contribution in [0.4, 0.5) is 18.9 Å². The molecule has 28 heavy (non-hydrogen) atoms. The van der Waals surface area contributed by atoms with Gasteiger partial charge in [-0.3, -0.25) is 9.78 Å². The second-order valence-corrected chi connectivity index (χ2v) is 5.80. The summed E-state index contributed by atoms with van der Waals surface area (Å²) in [6.45, 7) is 0. The molecule has 0 aliphatic carbocycles. The number of aromatic nitrogens is 1. The molecule has 3 aromatic rings. The fraction of sp³-hybridized carbons (Fsp3) is 0.0500. The smallest absolute Gasteiger partial charge is 0.417 e. The lowest BCUT2D eigenvalue weighted by Gasteiger charge is -2.13. The number of hydrogen-bond acceptors (Lipinski definition) is 3. The fourth-order valence-electron chi connectivity index (χ4n) is 2.69. The molecule has 142 valence electrons. The first-order valence-electron chi connectivity index (χ1n) is 8.02. The quantitative estimate of drug-likeness (QED) is 0.680. The minimum absolute atomic E-state index is 0.00144. The summed E-state index contributed by atoms with van der Waals surface area (Å²) in [6.07, 6.45) is -2.92. The number of carboxylic acid groups (broad SMARTS) is 1. The minimum atomic E-state index is -4.71. The van der Waals surface area contributed by atoms with Crippen LogP contribution < -0.4 is 5.32 Å². The molecule has 0 radical (unpaired) electrons. The van der Waals surface area contributed by atoms with Crippen molar-refractivity contribution in [3.05, 3.63) is 83.7 Å². The molecular weight excluding hydrogens is 373 g/mol. The van der Waals surface area contributed by atoms with Crippen LogP contribution in [0.5, 0.6) is 0 Å². The number of amides is 1. The van der Waals surface area contributed by atoms with E-state index < -0.39 is 29.2 Å². The number of halogens is 3. The first kappa shape index (κ1) is 19.1. The number of carboxylic acids is 1. The number of pyridine rings is 1. The van der Waals surface area contributed by atoms with Crippen LogP contribution in [-0.2, 0) is 6.18 Å². The lowest BCUT2D eigenvalue weighted by atomic mass is 9.99. The maximum absolute atomic E-state index is 13.1. The highest BCUT2D eigenvalue weighted by molar-refractivity contribution is 6.06. The Bertz CT molecular complexity index is 1030. The first-order valence-corrected chi connectivity index (χ1v) is 8.02. The van der Waals surface area contributed by atoms with Gasteiger partial charge >= 0.3 is 12.1 Å². The van der Waals surface area contributed by atoms with Gasteiger partial charge in [-0.2, -0.15) is 13.2 Å². The molecule has 0 aliphatic rings. The van der Waals surface area contributed by atoms with Gasteiger partial charge in [-0.05, 0) is 35.4 Å². The van der Waals surface area contributed by atoms with Crippen molar-refractivity contribution in [2.75, 3.05) is 5.32 Å². The van der Waals surface area contributed by atoms with Gasteiger partial charge < -0.3 is 10.4 Å². The van der Waals surface area contributed by atoms with Crippen LogP contribution in [0.1, 0.15) is 26.3 Å². The van der Waals surface area contributed by atoms with Crippen LogP contribution in [0.3, 0.4) is 0 Å². The summed E-state index contributed by atoms with van der Waals surface area (Å²) in [6, 6.07) is 13.3. The van der Waals surface area contributed by atoms with Gasteiger partial charge in [0, 0.05) is 18.1 Å². The number of hydrogen-bond donors (Lipinski definition) is 2. The van der Waals surface area contributed by atoms with Crippen molar-refractivity contribution >= 4 is 17.6 Å². The molecule has 2 N–H and O–H groups in total. The van der Waals surface area contributed by atoms with E-state index in [1.54, 1.807) is 30.3 Å². The summed E-state index contributed by atoms with van der Waals surface area (Å²) in [5.74, 6) is -2.16. The van der Waals surface area contributed by atoms with E-state index in [1.165, 1.54) is 18.2 Å². The van der Waals surface area contributed by atoms with E-state index >= 15 is 0 Å². The first-order chi connectivity index (χ1) is 13.3. The Hall–Kier alpha value is -3.68. The predicted molar refractivity (Wildman–Crippen MR) is 96.0 cm³/mol. The molecule has 0 spiro atoms. The van der Waals surface area contributed by atoms with Crippen molar-refractivity contribution in [2.24, 2.45) is 0 Å². The number of benzene rings is 2. The van der Waals surface area contributed by atoms with Gasteiger partial charge in [-0.1, -0.05) is 30.3 Å². The van der Waals surface area contributed by atoms with Crippen molar-refractivity contribution in [1.82, 2.24) is 4.98 Å². The molecule has 0 saturated carbocycles. The molecule has 0 unspecified atom stereocenters. The molecule has 3 rings (SSSR count). The van der Waals surface area contributed by atoms with Gasteiger partial charge in [0.15, 0.2) is 0 Å². The molecule has 0 bridgehead atoms. The van der Waals surface area contributed by atoms with Gasteiger partial charge in [0.2, 0.25) is 0 Å². The zero-order valence-corrected chi connectivity index (χ0v) is 14.2. The van der Waals surface area contributed by atoms with E-state index in [4.69, 9.17) is 0 Å². The summed E-state index contributed by atoms with van der Waals surface area (Å²) in [7, 11) is 0. The van der Waals surface area contributed by atoms with Crippen LogP contribution in [0.2, 0.25) is 0 Å². The third kappa shape index (κ3) is 4.01. The highest BCUT2D eigenvalue weighted by atomic mass is 19.4. The van der Waals surface area contributed by atoms with E-state index in [0.29, 0.717) is 11.1 Å². The number of carbonyl (C=O) groups is 2. The van der Waals surface area contributed by atoms with Crippen LogP contribution in [0.25, 0.3) is 11.1 Å². The Labute approximate surface area is 157 Å². The highest BCUT2D eigenvalue weighted by Crippen LogP contribution is 2.32. The van der Waals surface area contributed by atoms with Crippen LogP contribution in [-0.4, -0.2) is 22.0 Å². The number of aromatic carboxylic acids is 1. The van der Waals surface area contributed by atoms with E-state index in [2.05, 4.69) is 10.3 Å². The maximum atomic E-state index is 13.1. The second-order valence-electron chi connectivity index (χ2n) is 5.80. The predicted octanol–water partition coefficient (Wildman–Crippen LogP) is 4.72. The number of anilines is 1. The molecule has 1 heterocycles. The molecule has 1 amide bonds. The monoisotopic (exact) mass is 386 g/mol. The van der Waals surface area contributed by atoms with E-state index in [-0.39, 0.29) is 11.3 Å². The SMILES string of the molecule is O=C(O)c1ccc(NC(=O)c2cnccc2C(F)(F)F)cc1-c1ccccc1. The summed E-state index contributed by atoms with van der Waals surface area (Å²) < 4.78 is 39.3. The highest BCUT2D eigenvalue weighted by Gasteiger charge is 2.35. The largest absolute Gasteiger partial charge is 0.478 e. The molecule has 1 aromatic heterocycles. The van der Waals surface area contributed by atoms with Crippen LogP contribution >= 0.6 is 0 Å². The maximum Gasteiger partial charge on any atom is 0.417 e. The van der Waals surface area contributed by atoms with E-state index in [0.717, 1.165) is 18.5 Å². The number of rotatable bonds is 4. The zero-order chi connectivity index (χ0) is 20.3. The van der Waals surface area contributed by atoms with Crippen molar-refractivity contribution < 1.29 is 27.9 Å². The Kier molecular flexibility index (Phi) is 5.12. The van der Waals surface area contributed by atoms with Gasteiger partial charge in [0.05, 0.1) is 16.7 Å². The van der Waals surface area contributed by atoms with Gasteiger partial charge in [0.1, 0.15) is 0 Å². The van der Waals surface area contributed by atoms with Crippen molar-refractivity contribution in [3.63, 3.8) is 0 Å². The summed E-state index contributed by atoms with van der Waals surface area (Å²) >= 11 is 0. The lowest BCUT2D eigenvalue weighted by Crippen LogP contribution is -2.19. The number of alkyl halides is 3. The molecule has 0 saturated heterocycles. The Morgan fingerprint density at radius 3 is 2.32 bits per heavy atom. The van der Waals surface area contributed by atoms with Gasteiger partial charge in [0.25, 0.3) is 5.91 Å². The Balaban J connectivity index is 1.98. The van der Waals surface area contributed by atoms with Gasteiger partial charge in [-0.25, -0.2) is 4.79 Å². The third-order valence-electron chi connectivity index (χ3n) is 3.96. The zero-order valence-electron chi connectivity index (χ0n) is 14.2. The Morgan fingerprint density at radius 1 is 0.964 bits per heavy atom. The van der Waals surface area contributed by atoms with Crippen molar-refractivity contribution in [1.29, 1.82) is 0 Å². The Morgan fingerprint density at radius 2 is 1.68 bits per heavy atom. The summed E-state index contributed by atoms with van der Waals surface area (Å²) in [5.41, 5.74) is -0.655. The lowest BCUT2D eigenvalue weighted by molar-refractivity contribution is -0.138. The standard InChI is InChI=1S/C20H13F3N2O3/c21-20(22,23)17-8-9-24-11-16(17)18(26)25-13-6-7-14(19(27)28)15(10-13)12-4-2-1-3-5-12/h1-11H,(H,25,26)(H,27,28). The number of carbonyl (C=O) groups excluding carboxylic acids is 1. The number of nitrogens with one attached hydrogen (secondary N) is 1. The van der Waals surface area contributed by atoms with Gasteiger partial charge in [-0.15, -0.1) is 0 Å². The summed E-state index contributed by atoms with van der Waals surface area (Å²) in [5, 5.41) is 11.8. The van der Waals surface area contributed by atoms with E-state index in [9.17, 15) is 27.9 Å². The van der Waals surface area contributed by atoms with Crippen LogP contribution in [0, 0.1) is 0 Å². The van der Waals surface area contributed by atoms with E-state index in [1.807, 2.05) is 0 Å². The average molecular weight is 386 g/mol. The minimum Gasteiger partial charge on any atom is -0.478 e. The molecule has 0 fully saturated rings. The van der Waals surface area contributed by atoms with Crippen LogP contribution in [0.15, 0.2) is 67.0 Å². The average Bonchev–Trinajstić information content (AvgIpc) is 2.67. The fourth-order valence-corrected chi connectivity index (χ4v) is 2.69. The second kappa shape index (κ2) is 7.51. The molecule has 8 heteroatoms. The third-order valence-corrected chi connectivity index (χ3v) is 3.96. The van der Waals surface area contributed by atoms with Crippen molar-refractivity contribution in [2.45, 2.75) is 6.18 Å². The topological polar surface area (TPSA) is 79.3 Å².